The average molecular weight is 329 g/mol. The highest BCUT2D eigenvalue weighted by Gasteiger charge is 2.19. The number of carbonyl (C=O) groups is 1. The molecule has 6 heteroatoms. The molecule has 0 saturated carbocycles. The van der Waals surface area contributed by atoms with E-state index in [2.05, 4.69) is 33.5 Å². The molecule has 1 aromatic heterocycles. The summed E-state index contributed by atoms with van der Waals surface area (Å²) in [6.45, 7) is 1.76. The van der Waals surface area contributed by atoms with Crippen LogP contribution in [0.2, 0.25) is 0 Å². The van der Waals surface area contributed by atoms with E-state index in [0.717, 1.165) is 19.3 Å². The minimum Gasteiger partial charge on any atom is -0.352 e. The molecular formula is C17H19N3O2S. The normalized spacial score (nSPS) is 16.7. The van der Waals surface area contributed by atoms with E-state index in [1.807, 2.05) is 6.07 Å². The zero-order chi connectivity index (χ0) is 16.2. The number of thioether (sulfide) groups is 1. The number of benzene rings is 1. The molecular weight excluding hydrogens is 310 g/mol. The number of nitrogens with zero attached hydrogens (tertiary/aromatic N) is 1. The Balaban J connectivity index is 1.53. The van der Waals surface area contributed by atoms with Crippen molar-refractivity contribution in [3.63, 3.8) is 0 Å². The third kappa shape index (κ3) is 4.22. The number of aromatic nitrogens is 2. The molecule has 120 valence electrons. The summed E-state index contributed by atoms with van der Waals surface area (Å²) in [6.07, 6.45) is 2.85. The van der Waals surface area contributed by atoms with Crippen LogP contribution in [0.1, 0.15) is 23.2 Å². The summed E-state index contributed by atoms with van der Waals surface area (Å²) in [6, 6.07) is 10.0. The van der Waals surface area contributed by atoms with E-state index in [-0.39, 0.29) is 23.3 Å². The standard InChI is InChI=1S/C17H19N3O2S/c1-11-8-15(21)20-17(18-11)23-10-16(22)19-14-7-6-12-4-2-3-5-13(12)9-14/h2-5,8,14H,6-7,9-10H2,1H3,(H,19,22)(H,18,20,21)/t14-/m1/s1. The predicted molar refractivity (Wildman–Crippen MR) is 90.7 cm³/mol. The molecule has 5 nitrogen and oxygen atoms in total. The van der Waals surface area contributed by atoms with Crippen molar-refractivity contribution < 1.29 is 4.79 Å². The Hall–Kier alpha value is -2.08. The Morgan fingerprint density at radius 2 is 2.17 bits per heavy atom. The van der Waals surface area contributed by atoms with Crippen molar-refractivity contribution in [2.75, 3.05) is 5.75 Å². The molecule has 0 spiro atoms. The quantitative estimate of drug-likeness (QED) is 0.663. The first-order chi connectivity index (χ1) is 11.1. The monoisotopic (exact) mass is 329 g/mol. The van der Waals surface area contributed by atoms with E-state index >= 15 is 0 Å². The lowest BCUT2D eigenvalue weighted by atomic mass is 9.88. The van der Waals surface area contributed by atoms with Crippen molar-refractivity contribution in [1.29, 1.82) is 0 Å². The summed E-state index contributed by atoms with van der Waals surface area (Å²) in [7, 11) is 0. The van der Waals surface area contributed by atoms with E-state index in [9.17, 15) is 9.59 Å². The first-order valence-corrected chi connectivity index (χ1v) is 8.65. The second-order valence-electron chi connectivity index (χ2n) is 5.76. The van der Waals surface area contributed by atoms with Gasteiger partial charge in [0, 0.05) is 17.8 Å². The molecule has 1 aliphatic carbocycles. The lowest BCUT2D eigenvalue weighted by Gasteiger charge is -2.25. The van der Waals surface area contributed by atoms with Crippen molar-refractivity contribution >= 4 is 17.7 Å². The van der Waals surface area contributed by atoms with E-state index in [1.165, 1.54) is 29.0 Å². The molecule has 1 atom stereocenters. The second-order valence-corrected chi connectivity index (χ2v) is 6.72. The first kappa shape index (κ1) is 15.8. The van der Waals surface area contributed by atoms with E-state index in [4.69, 9.17) is 0 Å². The van der Waals surface area contributed by atoms with Gasteiger partial charge in [-0.25, -0.2) is 4.98 Å². The Kier molecular flexibility index (Phi) is 4.81. The van der Waals surface area contributed by atoms with Gasteiger partial charge >= 0.3 is 0 Å². The third-order valence-corrected chi connectivity index (χ3v) is 4.77. The molecule has 1 aromatic carbocycles. The molecule has 1 amide bonds. The molecule has 0 fully saturated rings. The van der Waals surface area contributed by atoms with Gasteiger partial charge in [0.2, 0.25) is 5.91 Å². The number of carbonyl (C=O) groups excluding carboxylic acids is 1. The number of amides is 1. The molecule has 0 radical (unpaired) electrons. The van der Waals surface area contributed by atoms with Crippen molar-refractivity contribution in [3.05, 3.63) is 57.5 Å². The van der Waals surface area contributed by atoms with Crippen LogP contribution in [0, 0.1) is 6.92 Å². The van der Waals surface area contributed by atoms with Gasteiger partial charge in [0.05, 0.1) is 5.75 Å². The Morgan fingerprint density at radius 3 is 2.96 bits per heavy atom. The van der Waals surface area contributed by atoms with Crippen molar-refractivity contribution in [3.8, 4) is 0 Å². The van der Waals surface area contributed by atoms with Gasteiger partial charge in [0.15, 0.2) is 5.16 Å². The highest BCUT2D eigenvalue weighted by molar-refractivity contribution is 7.99. The lowest BCUT2D eigenvalue weighted by molar-refractivity contribution is -0.119. The molecule has 0 unspecified atom stereocenters. The number of H-pyrrole nitrogens is 1. The van der Waals surface area contributed by atoms with Crippen molar-refractivity contribution in [2.45, 2.75) is 37.4 Å². The van der Waals surface area contributed by atoms with E-state index < -0.39 is 0 Å². The topological polar surface area (TPSA) is 74.8 Å². The number of aryl methyl sites for hydroxylation is 2. The molecule has 23 heavy (non-hydrogen) atoms. The minimum atomic E-state index is -0.190. The van der Waals surface area contributed by atoms with Crippen LogP contribution >= 0.6 is 11.8 Å². The van der Waals surface area contributed by atoms with Gasteiger partial charge in [0.25, 0.3) is 5.56 Å². The Bertz CT molecular complexity index is 772. The largest absolute Gasteiger partial charge is 0.352 e. The average Bonchev–Trinajstić information content (AvgIpc) is 2.52. The Labute approximate surface area is 138 Å². The fraction of sp³-hybridized carbons (Fsp3) is 0.353. The van der Waals surface area contributed by atoms with Gasteiger partial charge in [-0.05, 0) is 37.3 Å². The zero-order valence-corrected chi connectivity index (χ0v) is 13.8. The summed E-state index contributed by atoms with van der Waals surface area (Å²) in [4.78, 5) is 30.3. The van der Waals surface area contributed by atoms with Crippen LogP contribution in [0.5, 0.6) is 0 Å². The van der Waals surface area contributed by atoms with Crippen LogP contribution in [0.15, 0.2) is 40.3 Å². The van der Waals surface area contributed by atoms with Crippen molar-refractivity contribution in [1.82, 2.24) is 15.3 Å². The van der Waals surface area contributed by atoms with Gasteiger partial charge in [-0.2, -0.15) is 0 Å². The van der Waals surface area contributed by atoms with Crippen LogP contribution in [-0.2, 0) is 17.6 Å². The second kappa shape index (κ2) is 7.00. The maximum Gasteiger partial charge on any atom is 0.251 e. The van der Waals surface area contributed by atoms with Crippen LogP contribution in [-0.4, -0.2) is 27.7 Å². The lowest BCUT2D eigenvalue weighted by Crippen LogP contribution is -2.39. The van der Waals surface area contributed by atoms with Crippen LogP contribution in [0.25, 0.3) is 0 Å². The van der Waals surface area contributed by atoms with Crippen molar-refractivity contribution in [2.24, 2.45) is 0 Å². The maximum absolute atomic E-state index is 12.1. The summed E-state index contributed by atoms with van der Waals surface area (Å²) >= 11 is 1.25. The molecule has 0 saturated heterocycles. The highest BCUT2D eigenvalue weighted by atomic mass is 32.2. The van der Waals surface area contributed by atoms with Gasteiger partial charge in [-0.15, -0.1) is 0 Å². The number of nitrogens with one attached hydrogen (secondary N) is 2. The molecule has 0 bridgehead atoms. The smallest absolute Gasteiger partial charge is 0.251 e. The van der Waals surface area contributed by atoms with E-state index in [1.54, 1.807) is 6.92 Å². The van der Waals surface area contributed by atoms with Crippen LogP contribution in [0.3, 0.4) is 0 Å². The number of hydrogen-bond acceptors (Lipinski definition) is 4. The SMILES string of the molecule is Cc1cc(=O)[nH]c(SCC(=O)N[C@@H]2CCc3ccccc3C2)n1. The highest BCUT2D eigenvalue weighted by Crippen LogP contribution is 2.21. The van der Waals surface area contributed by atoms with E-state index in [0.29, 0.717) is 10.9 Å². The number of aromatic amines is 1. The van der Waals surface area contributed by atoms with Gasteiger partial charge in [-0.1, -0.05) is 36.0 Å². The molecule has 2 aromatic rings. The molecule has 0 aliphatic heterocycles. The Morgan fingerprint density at radius 1 is 1.39 bits per heavy atom. The predicted octanol–water partition coefficient (Wildman–Crippen LogP) is 1.84. The minimum absolute atomic E-state index is 0.0245. The van der Waals surface area contributed by atoms with Gasteiger partial charge < -0.3 is 10.3 Å². The summed E-state index contributed by atoms with van der Waals surface area (Å²) in [5.41, 5.74) is 3.17. The van der Waals surface area contributed by atoms with Crippen LogP contribution in [0.4, 0.5) is 0 Å². The number of hydrogen-bond donors (Lipinski definition) is 2. The molecule has 1 heterocycles. The molecule has 2 N–H and O–H groups in total. The maximum atomic E-state index is 12.1. The third-order valence-electron chi connectivity index (χ3n) is 3.90. The molecule has 1 aliphatic rings. The summed E-state index contributed by atoms with van der Waals surface area (Å²) < 4.78 is 0. The van der Waals surface area contributed by atoms with Crippen LogP contribution < -0.4 is 10.9 Å². The fourth-order valence-corrected chi connectivity index (χ4v) is 3.58. The van der Waals surface area contributed by atoms with Gasteiger partial charge in [0.1, 0.15) is 0 Å². The zero-order valence-electron chi connectivity index (χ0n) is 13.0. The fourth-order valence-electron chi connectivity index (χ4n) is 2.84. The number of rotatable bonds is 4. The first-order valence-electron chi connectivity index (χ1n) is 7.67. The van der Waals surface area contributed by atoms with Gasteiger partial charge in [-0.3, -0.25) is 9.59 Å². The number of fused-ring (bicyclic) bond motifs is 1. The molecule has 3 rings (SSSR count). The summed E-state index contributed by atoms with van der Waals surface area (Å²) in [5.74, 6) is 0.230. The summed E-state index contributed by atoms with van der Waals surface area (Å²) in [5, 5.41) is 3.56.